The molecule has 0 saturated heterocycles. The number of aromatic nitrogens is 3. The van der Waals surface area contributed by atoms with Gasteiger partial charge in [-0.05, 0) is 38.1 Å². The largest absolute Gasteiger partial charge is 0.315 e. The first-order chi connectivity index (χ1) is 10.1. The quantitative estimate of drug-likeness (QED) is 0.930. The Morgan fingerprint density at radius 3 is 2.86 bits per heavy atom. The molecule has 5 heteroatoms. The van der Waals surface area contributed by atoms with Crippen LogP contribution in [-0.4, -0.2) is 33.1 Å². The molecule has 1 fully saturated rings. The van der Waals surface area contributed by atoms with E-state index in [9.17, 15) is 0 Å². The lowest BCUT2D eigenvalue weighted by Crippen LogP contribution is -2.50. The molecular formula is C16H28N4S. The van der Waals surface area contributed by atoms with Crippen LogP contribution >= 0.6 is 11.8 Å². The summed E-state index contributed by atoms with van der Waals surface area (Å²) in [6.07, 6.45) is 8.87. The summed E-state index contributed by atoms with van der Waals surface area (Å²) < 4.78 is 2.38. The van der Waals surface area contributed by atoms with Crippen LogP contribution in [0.15, 0.2) is 5.16 Å². The molecule has 4 nitrogen and oxygen atoms in total. The monoisotopic (exact) mass is 308 g/mol. The van der Waals surface area contributed by atoms with Crippen LogP contribution in [0, 0.1) is 5.41 Å². The first-order valence-electron chi connectivity index (χ1n) is 8.38. The molecule has 3 rings (SSSR count). The minimum atomic E-state index is 0.367. The highest BCUT2D eigenvalue weighted by Gasteiger charge is 2.39. The van der Waals surface area contributed by atoms with E-state index in [2.05, 4.69) is 41.0 Å². The molecule has 0 radical (unpaired) electrons. The van der Waals surface area contributed by atoms with Crippen molar-refractivity contribution >= 4 is 11.8 Å². The van der Waals surface area contributed by atoms with Gasteiger partial charge in [-0.1, -0.05) is 38.5 Å². The maximum Gasteiger partial charge on any atom is 0.191 e. The predicted molar refractivity (Wildman–Crippen MR) is 87.7 cm³/mol. The molecule has 2 atom stereocenters. The predicted octanol–water partition coefficient (Wildman–Crippen LogP) is 3.26. The van der Waals surface area contributed by atoms with Gasteiger partial charge >= 0.3 is 0 Å². The zero-order valence-electron chi connectivity index (χ0n) is 13.6. The van der Waals surface area contributed by atoms with Gasteiger partial charge in [0, 0.05) is 24.3 Å². The summed E-state index contributed by atoms with van der Waals surface area (Å²) in [5.74, 6) is 1.20. The molecule has 0 spiro atoms. The van der Waals surface area contributed by atoms with Crippen LogP contribution in [0.4, 0.5) is 0 Å². The van der Waals surface area contributed by atoms with E-state index in [0.717, 1.165) is 18.1 Å². The molecule has 1 aromatic rings. The van der Waals surface area contributed by atoms with Gasteiger partial charge in [0.05, 0.1) is 0 Å². The summed E-state index contributed by atoms with van der Waals surface area (Å²) in [5, 5.41) is 14.3. The summed E-state index contributed by atoms with van der Waals surface area (Å²) in [4.78, 5) is 0. The number of nitrogens with zero attached hydrogens (tertiary/aromatic N) is 3. The van der Waals surface area contributed by atoms with Gasteiger partial charge in [0.2, 0.25) is 0 Å². The van der Waals surface area contributed by atoms with Crippen molar-refractivity contribution in [2.24, 2.45) is 5.41 Å². The molecule has 0 bridgehead atoms. The van der Waals surface area contributed by atoms with Crippen molar-refractivity contribution in [2.75, 3.05) is 7.05 Å². The number of hydrogen-bond donors (Lipinski definition) is 1. The molecule has 1 aliphatic carbocycles. The zero-order valence-corrected chi connectivity index (χ0v) is 14.4. The number of hydrogen-bond acceptors (Lipinski definition) is 4. The van der Waals surface area contributed by atoms with Gasteiger partial charge < -0.3 is 9.88 Å². The summed E-state index contributed by atoms with van der Waals surface area (Å²) in [6, 6.07) is 0.551. The molecule has 1 N–H and O–H groups in total. The van der Waals surface area contributed by atoms with Gasteiger partial charge in [0.25, 0.3) is 0 Å². The molecule has 0 amide bonds. The van der Waals surface area contributed by atoms with Gasteiger partial charge in [-0.2, -0.15) is 0 Å². The molecule has 1 aromatic heterocycles. The normalized spacial score (nSPS) is 28.9. The molecule has 118 valence electrons. The Kier molecular flexibility index (Phi) is 4.60. The van der Waals surface area contributed by atoms with Crippen LogP contribution in [0.2, 0.25) is 0 Å². The molecule has 21 heavy (non-hydrogen) atoms. The maximum atomic E-state index is 4.50. The SMILES string of the molecule is CNC1C(Sc2nnc3n2CCCCC3)CCCC1(C)C. The number of thioether (sulfide) groups is 1. The molecule has 0 aromatic carbocycles. The van der Waals surface area contributed by atoms with E-state index >= 15 is 0 Å². The molecule has 1 saturated carbocycles. The number of aryl methyl sites for hydroxylation is 1. The third-order valence-corrected chi connectivity index (χ3v) is 6.49. The summed E-state index contributed by atoms with van der Waals surface area (Å²) in [6.45, 7) is 5.89. The number of nitrogens with one attached hydrogen (secondary N) is 1. The first-order valence-corrected chi connectivity index (χ1v) is 9.26. The van der Waals surface area contributed by atoms with Crippen LogP contribution < -0.4 is 5.32 Å². The average molecular weight is 308 g/mol. The topological polar surface area (TPSA) is 42.7 Å². The van der Waals surface area contributed by atoms with E-state index in [-0.39, 0.29) is 0 Å². The fourth-order valence-electron chi connectivity index (χ4n) is 3.97. The standard InChI is InChI=1S/C16H28N4S/c1-16(2)10-7-8-12(14(16)17-3)21-15-19-18-13-9-5-4-6-11-20(13)15/h12,14,17H,4-11H2,1-3H3. The summed E-state index contributed by atoms with van der Waals surface area (Å²) >= 11 is 1.96. The van der Waals surface area contributed by atoms with Crippen molar-refractivity contribution in [3.8, 4) is 0 Å². The van der Waals surface area contributed by atoms with Crippen LogP contribution in [-0.2, 0) is 13.0 Å². The van der Waals surface area contributed by atoms with E-state index in [1.165, 1.54) is 44.3 Å². The van der Waals surface area contributed by atoms with Crippen LogP contribution in [0.5, 0.6) is 0 Å². The van der Waals surface area contributed by atoms with E-state index in [4.69, 9.17) is 0 Å². The minimum absolute atomic E-state index is 0.367. The first kappa shape index (κ1) is 15.3. The second kappa shape index (κ2) is 6.29. The van der Waals surface area contributed by atoms with Crippen molar-refractivity contribution in [3.05, 3.63) is 5.82 Å². The third kappa shape index (κ3) is 3.14. The summed E-state index contributed by atoms with van der Waals surface area (Å²) in [5.41, 5.74) is 0.367. The molecule has 2 aliphatic rings. The van der Waals surface area contributed by atoms with Crippen molar-refractivity contribution in [1.29, 1.82) is 0 Å². The molecule has 1 aliphatic heterocycles. The molecular weight excluding hydrogens is 280 g/mol. The number of rotatable bonds is 3. The lowest BCUT2D eigenvalue weighted by atomic mass is 9.73. The Morgan fingerprint density at radius 2 is 2.05 bits per heavy atom. The Morgan fingerprint density at radius 1 is 1.19 bits per heavy atom. The fourth-order valence-corrected chi connectivity index (χ4v) is 5.58. The van der Waals surface area contributed by atoms with E-state index in [1.54, 1.807) is 0 Å². The molecule has 2 unspecified atom stereocenters. The average Bonchev–Trinajstić information content (AvgIpc) is 2.68. The Labute approximate surface area is 132 Å². The van der Waals surface area contributed by atoms with Crippen molar-refractivity contribution in [3.63, 3.8) is 0 Å². The van der Waals surface area contributed by atoms with Crippen LogP contribution in [0.3, 0.4) is 0 Å². The van der Waals surface area contributed by atoms with E-state index < -0.39 is 0 Å². The van der Waals surface area contributed by atoms with Gasteiger partial charge in [0.15, 0.2) is 5.16 Å². The van der Waals surface area contributed by atoms with Crippen LogP contribution in [0.1, 0.15) is 58.2 Å². The Balaban J connectivity index is 1.78. The molecule has 2 heterocycles. The van der Waals surface area contributed by atoms with Crippen LogP contribution in [0.25, 0.3) is 0 Å². The van der Waals surface area contributed by atoms with Gasteiger partial charge in [0.1, 0.15) is 5.82 Å². The highest BCUT2D eigenvalue weighted by Crippen LogP contribution is 2.42. The van der Waals surface area contributed by atoms with E-state index in [1.807, 2.05) is 11.8 Å². The van der Waals surface area contributed by atoms with Crippen molar-refractivity contribution in [2.45, 2.75) is 81.8 Å². The lowest BCUT2D eigenvalue weighted by molar-refractivity contribution is 0.182. The highest BCUT2D eigenvalue weighted by atomic mass is 32.2. The van der Waals surface area contributed by atoms with Crippen molar-refractivity contribution < 1.29 is 0 Å². The fraction of sp³-hybridized carbons (Fsp3) is 0.875. The van der Waals surface area contributed by atoms with Gasteiger partial charge in [-0.25, -0.2) is 0 Å². The van der Waals surface area contributed by atoms with Gasteiger partial charge in [-0.15, -0.1) is 10.2 Å². The second-order valence-corrected chi connectivity index (χ2v) is 8.37. The lowest BCUT2D eigenvalue weighted by Gasteiger charge is -2.43. The number of fused-ring (bicyclic) bond motifs is 1. The Bertz CT molecular complexity index is 483. The highest BCUT2D eigenvalue weighted by molar-refractivity contribution is 7.99. The van der Waals surface area contributed by atoms with E-state index in [0.29, 0.717) is 16.7 Å². The summed E-state index contributed by atoms with van der Waals surface area (Å²) in [7, 11) is 2.11. The maximum absolute atomic E-state index is 4.50. The smallest absolute Gasteiger partial charge is 0.191 e. The second-order valence-electron chi connectivity index (χ2n) is 7.16. The minimum Gasteiger partial charge on any atom is -0.315 e. The van der Waals surface area contributed by atoms with Gasteiger partial charge in [-0.3, -0.25) is 0 Å². The Hall–Kier alpha value is -0.550. The third-order valence-electron chi connectivity index (χ3n) is 5.17. The zero-order chi connectivity index (χ0) is 14.9. The van der Waals surface area contributed by atoms with Crippen molar-refractivity contribution in [1.82, 2.24) is 20.1 Å².